The standard InChI is InChI=1S/C22H17ClN4O4/c1-12-4-7-16(8-5-12)26-20(23)17(14(3)25-26)11-18-22(28)31-21(24-18)15-6-9-19(27(29)30)13(2)10-15/h4-11H,1-3H3/b18-11-. The monoisotopic (exact) mass is 436 g/mol. The Bertz CT molecular complexity index is 1290. The molecule has 0 bridgehead atoms. The Balaban J connectivity index is 1.70. The van der Waals surface area contributed by atoms with Crippen LogP contribution in [-0.4, -0.2) is 26.6 Å². The van der Waals surface area contributed by atoms with E-state index in [2.05, 4.69) is 10.1 Å². The smallest absolute Gasteiger partial charge is 0.363 e. The van der Waals surface area contributed by atoms with Crippen LogP contribution < -0.4 is 0 Å². The van der Waals surface area contributed by atoms with Gasteiger partial charge in [-0.1, -0.05) is 29.3 Å². The highest BCUT2D eigenvalue weighted by Gasteiger charge is 2.26. The minimum absolute atomic E-state index is 0.0182. The second-order valence-corrected chi connectivity index (χ2v) is 7.49. The lowest BCUT2D eigenvalue weighted by atomic mass is 10.1. The minimum atomic E-state index is -0.635. The lowest BCUT2D eigenvalue weighted by Crippen LogP contribution is -2.06. The molecule has 2 aromatic carbocycles. The normalized spacial score (nSPS) is 14.6. The largest absolute Gasteiger partial charge is 0.402 e. The number of carbonyl (C=O) groups is 1. The molecular formula is C22H17ClN4O4. The predicted molar refractivity (Wildman–Crippen MR) is 116 cm³/mol. The van der Waals surface area contributed by atoms with Crippen molar-refractivity contribution in [1.82, 2.24) is 9.78 Å². The van der Waals surface area contributed by atoms with Crippen LogP contribution in [0, 0.1) is 30.9 Å². The van der Waals surface area contributed by atoms with Crippen LogP contribution in [0.3, 0.4) is 0 Å². The maximum absolute atomic E-state index is 12.4. The molecule has 1 aromatic heterocycles. The predicted octanol–water partition coefficient (Wildman–Crippen LogP) is 4.70. The molecule has 8 nitrogen and oxygen atoms in total. The zero-order valence-corrected chi connectivity index (χ0v) is 17.7. The molecule has 4 rings (SSSR count). The van der Waals surface area contributed by atoms with E-state index < -0.39 is 10.9 Å². The van der Waals surface area contributed by atoms with E-state index in [9.17, 15) is 14.9 Å². The third-order valence-corrected chi connectivity index (χ3v) is 5.23. The van der Waals surface area contributed by atoms with E-state index in [0.29, 0.717) is 27.5 Å². The van der Waals surface area contributed by atoms with Crippen LogP contribution >= 0.6 is 11.6 Å². The van der Waals surface area contributed by atoms with Crippen molar-refractivity contribution in [2.75, 3.05) is 0 Å². The lowest BCUT2D eigenvalue weighted by molar-refractivity contribution is -0.385. The minimum Gasteiger partial charge on any atom is -0.402 e. The number of esters is 1. The maximum Gasteiger partial charge on any atom is 0.363 e. The van der Waals surface area contributed by atoms with Gasteiger partial charge in [0.2, 0.25) is 5.90 Å². The quantitative estimate of drug-likeness (QED) is 0.255. The van der Waals surface area contributed by atoms with Crippen molar-refractivity contribution in [3.8, 4) is 5.69 Å². The molecule has 2 heterocycles. The van der Waals surface area contributed by atoms with Gasteiger partial charge in [0.1, 0.15) is 5.15 Å². The molecule has 0 saturated heterocycles. The summed E-state index contributed by atoms with van der Waals surface area (Å²) in [6, 6.07) is 12.1. The molecule has 3 aromatic rings. The van der Waals surface area contributed by atoms with E-state index in [0.717, 1.165) is 11.3 Å². The van der Waals surface area contributed by atoms with Crippen molar-refractivity contribution in [3.63, 3.8) is 0 Å². The summed E-state index contributed by atoms with van der Waals surface area (Å²) < 4.78 is 6.87. The van der Waals surface area contributed by atoms with Crippen LogP contribution in [0.4, 0.5) is 5.69 Å². The van der Waals surface area contributed by atoms with Crippen molar-refractivity contribution >= 4 is 35.2 Å². The number of benzene rings is 2. The van der Waals surface area contributed by atoms with E-state index in [1.165, 1.54) is 18.2 Å². The van der Waals surface area contributed by atoms with Gasteiger partial charge in [-0.25, -0.2) is 14.5 Å². The number of hydrogen-bond donors (Lipinski definition) is 0. The number of halogens is 1. The number of nitro groups is 1. The van der Waals surface area contributed by atoms with E-state index in [4.69, 9.17) is 16.3 Å². The number of aromatic nitrogens is 2. The molecule has 9 heteroatoms. The van der Waals surface area contributed by atoms with Crippen molar-refractivity contribution in [1.29, 1.82) is 0 Å². The molecule has 0 atom stereocenters. The third-order valence-electron chi connectivity index (χ3n) is 4.87. The molecule has 156 valence electrons. The average Bonchev–Trinajstić information content (AvgIpc) is 3.23. The number of rotatable bonds is 4. The Kier molecular flexibility index (Phi) is 5.16. The number of nitro benzene ring substituents is 1. The SMILES string of the molecule is Cc1ccc(-n2nc(C)c(/C=C3\N=C(c4ccc([N+](=O)[O-])c(C)c4)OC3=O)c2Cl)cc1. The molecule has 0 amide bonds. The zero-order chi connectivity index (χ0) is 22.3. The Hall–Kier alpha value is -3.78. The van der Waals surface area contributed by atoms with Crippen molar-refractivity contribution in [2.24, 2.45) is 4.99 Å². The van der Waals surface area contributed by atoms with E-state index in [1.807, 2.05) is 31.2 Å². The average molecular weight is 437 g/mol. The summed E-state index contributed by atoms with van der Waals surface area (Å²) in [5.41, 5.74) is 4.05. The maximum atomic E-state index is 12.4. The topological polar surface area (TPSA) is 99.6 Å². The first kappa shape index (κ1) is 20.5. The van der Waals surface area contributed by atoms with Gasteiger partial charge in [0.25, 0.3) is 5.69 Å². The third kappa shape index (κ3) is 3.85. The fourth-order valence-corrected chi connectivity index (χ4v) is 3.52. The Morgan fingerprint density at radius 3 is 2.48 bits per heavy atom. The van der Waals surface area contributed by atoms with Gasteiger partial charge in [-0.15, -0.1) is 0 Å². The molecule has 0 saturated carbocycles. The number of aryl methyl sites for hydroxylation is 3. The van der Waals surface area contributed by atoms with Gasteiger partial charge in [0, 0.05) is 22.8 Å². The van der Waals surface area contributed by atoms with Crippen molar-refractivity contribution < 1.29 is 14.5 Å². The van der Waals surface area contributed by atoms with Crippen LogP contribution in [0.1, 0.15) is 27.9 Å². The number of nitrogens with zero attached hydrogens (tertiary/aromatic N) is 4. The van der Waals surface area contributed by atoms with Crippen LogP contribution in [0.2, 0.25) is 5.15 Å². The lowest BCUT2D eigenvalue weighted by Gasteiger charge is -2.03. The van der Waals surface area contributed by atoms with Crippen LogP contribution in [0.5, 0.6) is 0 Å². The summed E-state index contributed by atoms with van der Waals surface area (Å²) in [7, 11) is 0. The van der Waals surface area contributed by atoms with Crippen LogP contribution in [-0.2, 0) is 9.53 Å². The zero-order valence-electron chi connectivity index (χ0n) is 16.9. The summed E-state index contributed by atoms with van der Waals surface area (Å²) in [5, 5.41) is 15.8. The first-order chi connectivity index (χ1) is 14.7. The van der Waals surface area contributed by atoms with E-state index in [-0.39, 0.29) is 17.3 Å². The van der Waals surface area contributed by atoms with E-state index in [1.54, 1.807) is 24.6 Å². The van der Waals surface area contributed by atoms with Gasteiger partial charge in [0.15, 0.2) is 5.70 Å². The molecule has 0 aliphatic carbocycles. The molecule has 0 unspecified atom stereocenters. The summed E-state index contributed by atoms with van der Waals surface area (Å²) in [6.45, 7) is 5.38. The van der Waals surface area contributed by atoms with Gasteiger partial charge in [-0.05, 0) is 51.1 Å². The molecule has 1 aliphatic rings. The van der Waals surface area contributed by atoms with Gasteiger partial charge in [-0.3, -0.25) is 10.1 Å². The molecule has 31 heavy (non-hydrogen) atoms. The Morgan fingerprint density at radius 2 is 1.84 bits per heavy atom. The molecule has 0 radical (unpaired) electrons. The summed E-state index contributed by atoms with van der Waals surface area (Å²) >= 11 is 6.54. The van der Waals surface area contributed by atoms with Crippen LogP contribution in [0.15, 0.2) is 53.2 Å². The highest BCUT2D eigenvalue weighted by molar-refractivity contribution is 6.31. The van der Waals surface area contributed by atoms with Crippen molar-refractivity contribution in [3.05, 3.63) is 91.4 Å². The molecule has 0 spiro atoms. The van der Waals surface area contributed by atoms with Gasteiger partial charge >= 0.3 is 5.97 Å². The fraction of sp³-hybridized carbons (Fsp3) is 0.136. The second kappa shape index (κ2) is 7.81. The summed E-state index contributed by atoms with van der Waals surface area (Å²) in [6.07, 6.45) is 1.53. The fourth-order valence-electron chi connectivity index (χ4n) is 3.19. The first-order valence-corrected chi connectivity index (χ1v) is 9.72. The van der Waals surface area contributed by atoms with Gasteiger partial charge in [0.05, 0.1) is 16.3 Å². The number of cyclic esters (lactones) is 1. The molecular weight excluding hydrogens is 420 g/mol. The number of hydrogen-bond acceptors (Lipinski definition) is 6. The highest BCUT2D eigenvalue weighted by atomic mass is 35.5. The van der Waals surface area contributed by atoms with Gasteiger partial charge < -0.3 is 4.74 Å². The van der Waals surface area contributed by atoms with Crippen LogP contribution in [0.25, 0.3) is 11.8 Å². The number of aliphatic imine (C=N–C) groups is 1. The second-order valence-electron chi connectivity index (χ2n) is 7.13. The molecule has 0 N–H and O–H groups in total. The Morgan fingerprint density at radius 1 is 1.13 bits per heavy atom. The Labute approximate surface area is 182 Å². The van der Waals surface area contributed by atoms with Gasteiger partial charge in [-0.2, -0.15) is 5.10 Å². The summed E-state index contributed by atoms with van der Waals surface area (Å²) in [4.78, 5) is 27.2. The van der Waals surface area contributed by atoms with Crippen molar-refractivity contribution in [2.45, 2.75) is 20.8 Å². The number of carbonyl (C=O) groups excluding carboxylic acids is 1. The molecule has 0 fully saturated rings. The highest BCUT2D eigenvalue weighted by Crippen LogP contribution is 2.28. The van der Waals surface area contributed by atoms with E-state index >= 15 is 0 Å². The number of ether oxygens (including phenoxy) is 1. The first-order valence-electron chi connectivity index (χ1n) is 9.34. The summed E-state index contributed by atoms with van der Waals surface area (Å²) in [5.74, 6) is -0.557. The molecule has 1 aliphatic heterocycles.